The highest BCUT2D eigenvalue weighted by Crippen LogP contribution is 2.40. The van der Waals surface area contributed by atoms with Crippen LogP contribution >= 0.6 is 0 Å². The van der Waals surface area contributed by atoms with Gasteiger partial charge >= 0.3 is 0 Å². The van der Waals surface area contributed by atoms with Gasteiger partial charge in [0.25, 0.3) is 5.91 Å². The number of fused-ring (bicyclic) bond motifs is 2. The minimum Gasteiger partial charge on any atom is -0.390 e. The van der Waals surface area contributed by atoms with Crippen molar-refractivity contribution < 1.29 is 19.0 Å². The number of benzene rings is 1. The number of allylic oxidation sites excluding steroid dienone is 1. The number of nitrogens with one attached hydrogen (secondary N) is 1. The molecule has 0 saturated carbocycles. The zero-order valence-electron chi connectivity index (χ0n) is 20.5. The Hall–Kier alpha value is -3.50. The van der Waals surface area contributed by atoms with Crippen LogP contribution in [0.2, 0.25) is 0 Å². The largest absolute Gasteiger partial charge is 0.390 e. The molecule has 1 fully saturated rings. The lowest BCUT2D eigenvalue weighted by Crippen LogP contribution is -2.37. The van der Waals surface area contributed by atoms with Crippen LogP contribution in [0.25, 0.3) is 11.3 Å². The van der Waals surface area contributed by atoms with Gasteiger partial charge < -0.3 is 25.0 Å². The first-order chi connectivity index (χ1) is 17.5. The molecule has 2 atom stereocenters. The maximum Gasteiger partial charge on any atom is 0.261 e. The standard InChI is InChI=1S/C26H31FN6O3/c1-3-5-23-19-13-24(31-8-10-36-11-9-31)22(12-18(19)15-32(23)16-21(27)17(2)34)30-26(35)20-14-29-33-7-4-6-28-25(20)33/h4-7,12-14,17,21,34H,3,8-11,15-16H2,1-2H3,(H,30,35)/b23-5+. The van der Waals surface area contributed by atoms with Gasteiger partial charge in [0.15, 0.2) is 5.65 Å². The summed E-state index contributed by atoms with van der Waals surface area (Å²) in [5, 5.41) is 17.1. The van der Waals surface area contributed by atoms with Gasteiger partial charge in [-0.05, 0) is 37.1 Å². The number of alkyl halides is 1. The third-order valence-corrected chi connectivity index (χ3v) is 6.64. The number of amides is 1. The van der Waals surface area contributed by atoms with Crippen molar-refractivity contribution in [3.8, 4) is 0 Å². The lowest BCUT2D eigenvalue weighted by molar-refractivity contribution is 0.0763. The second-order valence-corrected chi connectivity index (χ2v) is 9.16. The molecule has 1 saturated heterocycles. The van der Waals surface area contributed by atoms with Crippen LogP contribution < -0.4 is 10.2 Å². The third kappa shape index (κ3) is 4.66. The first-order valence-electron chi connectivity index (χ1n) is 12.3. The predicted octanol–water partition coefficient (Wildman–Crippen LogP) is 3.10. The van der Waals surface area contributed by atoms with Crippen LogP contribution in [-0.4, -0.2) is 75.6 Å². The minimum atomic E-state index is -1.36. The van der Waals surface area contributed by atoms with E-state index in [2.05, 4.69) is 32.4 Å². The number of rotatable bonds is 7. The summed E-state index contributed by atoms with van der Waals surface area (Å²) in [5.74, 6) is -0.296. The predicted molar refractivity (Wildman–Crippen MR) is 136 cm³/mol. The SMILES string of the molecule is CC/C=C1\c2cc(N3CCOCC3)c(NC(=O)c3cnn4cccnc34)cc2CN1CC(F)C(C)O. The number of morpholine rings is 1. The number of aliphatic hydroxyl groups excluding tert-OH is 1. The fourth-order valence-corrected chi connectivity index (χ4v) is 4.76. The number of aromatic nitrogens is 3. The van der Waals surface area contributed by atoms with Crippen molar-refractivity contribution in [3.05, 3.63) is 59.6 Å². The maximum atomic E-state index is 14.5. The van der Waals surface area contributed by atoms with Crippen molar-refractivity contribution in [3.63, 3.8) is 0 Å². The highest BCUT2D eigenvalue weighted by atomic mass is 19.1. The van der Waals surface area contributed by atoms with E-state index < -0.39 is 12.3 Å². The van der Waals surface area contributed by atoms with Crippen molar-refractivity contribution in [2.45, 2.75) is 39.1 Å². The second-order valence-electron chi connectivity index (χ2n) is 9.16. The summed E-state index contributed by atoms with van der Waals surface area (Å²) in [7, 11) is 0. The van der Waals surface area contributed by atoms with E-state index in [4.69, 9.17) is 4.74 Å². The fraction of sp³-hybridized carbons (Fsp3) is 0.423. The number of hydrogen-bond donors (Lipinski definition) is 2. The van der Waals surface area contributed by atoms with Crippen LogP contribution in [0.5, 0.6) is 0 Å². The monoisotopic (exact) mass is 494 g/mol. The van der Waals surface area contributed by atoms with Gasteiger partial charge in [0, 0.05) is 43.3 Å². The molecule has 2 aromatic heterocycles. The summed E-state index contributed by atoms with van der Waals surface area (Å²) < 4.78 is 21.6. The molecule has 0 aliphatic carbocycles. The Morgan fingerprint density at radius 3 is 2.89 bits per heavy atom. The second kappa shape index (κ2) is 10.2. The highest BCUT2D eigenvalue weighted by Gasteiger charge is 2.30. The summed E-state index contributed by atoms with van der Waals surface area (Å²) in [6.07, 6.45) is 5.37. The van der Waals surface area contributed by atoms with Crippen molar-refractivity contribution in [1.29, 1.82) is 0 Å². The van der Waals surface area contributed by atoms with E-state index >= 15 is 0 Å². The molecule has 10 heteroatoms. The molecule has 0 spiro atoms. The van der Waals surface area contributed by atoms with E-state index in [1.54, 1.807) is 23.0 Å². The van der Waals surface area contributed by atoms with Gasteiger partial charge in [-0.1, -0.05) is 13.0 Å². The van der Waals surface area contributed by atoms with Gasteiger partial charge in [0.05, 0.1) is 43.4 Å². The number of carbonyl (C=O) groups is 1. The van der Waals surface area contributed by atoms with Crippen LogP contribution in [0.3, 0.4) is 0 Å². The van der Waals surface area contributed by atoms with E-state index in [1.165, 1.54) is 13.1 Å². The smallest absolute Gasteiger partial charge is 0.261 e. The van der Waals surface area contributed by atoms with E-state index in [9.17, 15) is 14.3 Å². The normalized spacial score (nSPS) is 18.5. The van der Waals surface area contributed by atoms with Gasteiger partial charge in [-0.2, -0.15) is 5.10 Å². The summed E-state index contributed by atoms with van der Waals surface area (Å²) in [6, 6.07) is 5.82. The summed E-state index contributed by atoms with van der Waals surface area (Å²) >= 11 is 0. The number of carbonyl (C=O) groups excluding carboxylic acids is 1. The Bertz CT molecular complexity index is 1280. The van der Waals surface area contributed by atoms with Crippen molar-refractivity contribution in [1.82, 2.24) is 19.5 Å². The van der Waals surface area contributed by atoms with Crippen molar-refractivity contribution in [2.24, 2.45) is 0 Å². The molecule has 36 heavy (non-hydrogen) atoms. The molecule has 2 aliphatic rings. The zero-order chi connectivity index (χ0) is 25.2. The van der Waals surface area contributed by atoms with Crippen molar-refractivity contribution in [2.75, 3.05) is 43.1 Å². The molecule has 0 bridgehead atoms. The number of halogens is 1. The molecule has 4 heterocycles. The quantitative estimate of drug-likeness (QED) is 0.521. The molecule has 3 aromatic rings. The number of hydrogen-bond acceptors (Lipinski definition) is 7. The van der Waals surface area contributed by atoms with Crippen LogP contribution in [0.15, 0.2) is 42.9 Å². The number of aliphatic hydroxyl groups is 1. The molecule has 2 aliphatic heterocycles. The Morgan fingerprint density at radius 2 is 2.14 bits per heavy atom. The molecular formula is C26H31FN6O3. The molecule has 9 nitrogen and oxygen atoms in total. The zero-order valence-corrected chi connectivity index (χ0v) is 20.5. The number of anilines is 2. The Kier molecular flexibility index (Phi) is 6.88. The Morgan fingerprint density at radius 1 is 1.33 bits per heavy atom. The Balaban J connectivity index is 1.52. The van der Waals surface area contributed by atoms with Crippen LogP contribution in [-0.2, 0) is 11.3 Å². The minimum absolute atomic E-state index is 0.0980. The molecule has 2 unspecified atom stereocenters. The van der Waals surface area contributed by atoms with Gasteiger partial charge in [0.2, 0.25) is 0 Å². The lowest BCUT2D eigenvalue weighted by Gasteiger charge is -2.31. The van der Waals surface area contributed by atoms with Gasteiger partial charge in [-0.3, -0.25) is 4.79 Å². The molecule has 190 valence electrons. The fourth-order valence-electron chi connectivity index (χ4n) is 4.76. The van der Waals surface area contributed by atoms with Crippen LogP contribution in [0.1, 0.15) is 41.8 Å². The van der Waals surface area contributed by atoms with E-state index in [0.29, 0.717) is 49.7 Å². The van der Waals surface area contributed by atoms with E-state index in [0.717, 1.165) is 28.9 Å². The summed E-state index contributed by atoms with van der Waals surface area (Å²) in [5.41, 5.74) is 5.41. The lowest BCUT2D eigenvalue weighted by atomic mass is 10.0. The molecule has 2 N–H and O–H groups in total. The molecular weight excluding hydrogens is 463 g/mol. The topological polar surface area (TPSA) is 95.2 Å². The molecule has 0 radical (unpaired) electrons. The highest BCUT2D eigenvalue weighted by molar-refractivity contribution is 6.09. The molecule has 1 aromatic carbocycles. The molecule has 1 amide bonds. The Labute approximate surface area is 209 Å². The average molecular weight is 495 g/mol. The number of nitrogens with zero attached hydrogens (tertiary/aromatic N) is 5. The van der Waals surface area contributed by atoms with E-state index in [-0.39, 0.29) is 12.5 Å². The van der Waals surface area contributed by atoms with E-state index in [1.807, 2.05) is 17.9 Å². The number of ether oxygens (including phenoxy) is 1. The van der Waals surface area contributed by atoms with Crippen molar-refractivity contribution >= 4 is 28.6 Å². The van der Waals surface area contributed by atoms with Crippen LogP contribution in [0.4, 0.5) is 15.8 Å². The van der Waals surface area contributed by atoms with Gasteiger partial charge in [-0.25, -0.2) is 13.9 Å². The first-order valence-corrected chi connectivity index (χ1v) is 12.3. The molecule has 5 rings (SSSR count). The summed E-state index contributed by atoms with van der Waals surface area (Å²) in [4.78, 5) is 21.8. The van der Waals surface area contributed by atoms with Gasteiger partial charge in [0.1, 0.15) is 11.7 Å². The first kappa shape index (κ1) is 24.2. The third-order valence-electron chi connectivity index (χ3n) is 6.64. The maximum absolute atomic E-state index is 14.5. The van der Waals surface area contributed by atoms with Gasteiger partial charge in [-0.15, -0.1) is 0 Å². The summed E-state index contributed by atoms with van der Waals surface area (Å²) in [6.45, 7) is 6.72. The van der Waals surface area contributed by atoms with Crippen LogP contribution in [0, 0.1) is 0 Å². The average Bonchev–Trinajstić information content (AvgIpc) is 3.45.